The monoisotopic (exact) mass is 194 g/mol. The Bertz CT molecular complexity index is 194. The minimum absolute atomic E-state index is 0.776. The Morgan fingerprint density at radius 2 is 1.64 bits per heavy atom. The Balaban J connectivity index is 1.53. The summed E-state index contributed by atoms with van der Waals surface area (Å²) in [4.78, 5) is 2.74. The molecule has 80 valence electrons. The van der Waals surface area contributed by atoms with E-state index in [1.54, 1.807) is 0 Å². The van der Waals surface area contributed by atoms with Crippen LogP contribution in [0, 0.1) is 5.41 Å². The van der Waals surface area contributed by atoms with E-state index in [1.165, 1.54) is 64.7 Å². The fourth-order valence-corrected chi connectivity index (χ4v) is 3.67. The number of hydrogen-bond acceptors (Lipinski definition) is 2. The molecule has 2 heterocycles. The molecule has 2 heteroatoms. The van der Waals surface area contributed by atoms with E-state index in [1.807, 2.05) is 0 Å². The third-order valence-electron chi connectivity index (χ3n) is 4.66. The summed E-state index contributed by atoms with van der Waals surface area (Å²) < 4.78 is 0. The summed E-state index contributed by atoms with van der Waals surface area (Å²) >= 11 is 0. The van der Waals surface area contributed by atoms with Gasteiger partial charge in [0.1, 0.15) is 0 Å². The second-order valence-electron chi connectivity index (χ2n) is 5.56. The Morgan fingerprint density at radius 3 is 2.29 bits per heavy atom. The van der Waals surface area contributed by atoms with Gasteiger partial charge in [0.05, 0.1) is 0 Å². The zero-order chi connectivity index (χ0) is 9.43. The smallest absolute Gasteiger partial charge is 0.0106 e. The maximum Gasteiger partial charge on any atom is 0.0106 e. The molecule has 2 saturated heterocycles. The number of nitrogens with zero attached hydrogens (tertiary/aromatic N) is 1. The van der Waals surface area contributed by atoms with E-state index in [9.17, 15) is 0 Å². The average Bonchev–Trinajstić information content (AvgIpc) is 2.68. The van der Waals surface area contributed by atoms with Crippen LogP contribution in [0.1, 0.15) is 38.5 Å². The summed E-state index contributed by atoms with van der Waals surface area (Å²) in [6, 6.07) is 0.968. The van der Waals surface area contributed by atoms with Crippen LogP contribution in [0.3, 0.4) is 0 Å². The summed E-state index contributed by atoms with van der Waals surface area (Å²) in [5.74, 6) is 0. The molecule has 0 atom stereocenters. The highest BCUT2D eigenvalue weighted by Gasteiger charge is 2.46. The number of piperidine rings is 1. The van der Waals surface area contributed by atoms with Gasteiger partial charge in [0.15, 0.2) is 0 Å². The maximum atomic E-state index is 3.48. The van der Waals surface area contributed by atoms with Gasteiger partial charge in [-0.3, -0.25) is 0 Å². The highest BCUT2D eigenvalue weighted by molar-refractivity contribution is 5.01. The zero-order valence-corrected chi connectivity index (χ0v) is 9.10. The molecule has 1 aliphatic carbocycles. The lowest BCUT2D eigenvalue weighted by atomic mass is 9.60. The van der Waals surface area contributed by atoms with Crippen molar-refractivity contribution >= 4 is 0 Å². The third kappa shape index (κ3) is 1.49. The number of rotatable bonds is 1. The molecule has 2 nitrogen and oxygen atoms in total. The van der Waals surface area contributed by atoms with E-state index < -0.39 is 0 Å². The fraction of sp³-hybridized carbons (Fsp3) is 1.00. The highest BCUT2D eigenvalue weighted by Crippen LogP contribution is 2.50. The average molecular weight is 194 g/mol. The number of nitrogens with one attached hydrogen (secondary N) is 1. The van der Waals surface area contributed by atoms with Crippen molar-refractivity contribution in [2.24, 2.45) is 5.41 Å². The van der Waals surface area contributed by atoms with Crippen molar-refractivity contribution in [2.75, 3.05) is 26.2 Å². The first-order valence-electron chi connectivity index (χ1n) is 6.33. The topological polar surface area (TPSA) is 15.3 Å². The van der Waals surface area contributed by atoms with Crippen LogP contribution in [-0.2, 0) is 0 Å². The van der Waals surface area contributed by atoms with Crippen LogP contribution in [0.4, 0.5) is 0 Å². The van der Waals surface area contributed by atoms with Crippen molar-refractivity contribution in [3.8, 4) is 0 Å². The number of likely N-dealkylation sites (tertiary alicyclic amines) is 1. The molecule has 1 N–H and O–H groups in total. The van der Waals surface area contributed by atoms with E-state index in [2.05, 4.69) is 10.2 Å². The van der Waals surface area contributed by atoms with E-state index in [0.29, 0.717) is 0 Å². The molecule has 0 bridgehead atoms. The summed E-state index contributed by atoms with van der Waals surface area (Å²) in [7, 11) is 0. The molecule has 0 aromatic heterocycles. The van der Waals surface area contributed by atoms with Gasteiger partial charge in [0.2, 0.25) is 0 Å². The van der Waals surface area contributed by atoms with Crippen LogP contribution in [0.25, 0.3) is 0 Å². The quantitative estimate of drug-likeness (QED) is 0.682. The van der Waals surface area contributed by atoms with Crippen LogP contribution < -0.4 is 5.32 Å². The van der Waals surface area contributed by atoms with Crippen LogP contribution in [-0.4, -0.2) is 37.1 Å². The van der Waals surface area contributed by atoms with Gasteiger partial charge in [-0.1, -0.05) is 0 Å². The Morgan fingerprint density at radius 1 is 1.00 bits per heavy atom. The Kier molecular flexibility index (Phi) is 2.29. The van der Waals surface area contributed by atoms with Gasteiger partial charge < -0.3 is 10.2 Å². The molecule has 0 radical (unpaired) electrons. The standard InChI is InChI=1S/C12H22N2/c1-2-8-14(7-1)11-9-12(10-11)3-5-13-6-4-12/h11,13H,1-10H2. The van der Waals surface area contributed by atoms with Gasteiger partial charge in [-0.25, -0.2) is 0 Å². The Labute approximate surface area is 87.0 Å². The molecule has 1 spiro atoms. The summed E-state index contributed by atoms with van der Waals surface area (Å²) in [6.45, 7) is 5.32. The summed E-state index contributed by atoms with van der Waals surface area (Å²) in [5.41, 5.74) is 0.776. The largest absolute Gasteiger partial charge is 0.317 e. The normalized spacial score (nSPS) is 33.4. The lowest BCUT2D eigenvalue weighted by Gasteiger charge is -2.53. The molecule has 0 aromatic carbocycles. The molecule has 0 amide bonds. The molecule has 3 rings (SSSR count). The van der Waals surface area contributed by atoms with Crippen molar-refractivity contribution in [3.05, 3.63) is 0 Å². The second kappa shape index (κ2) is 3.49. The molecular weight excluding hydrogens is 172 g/mol. The van der Waals surface area contributed by atoms with Gasteiger partial charge in [0.25, 0.3) is 0 Å². The number of hydrogen-bond donors (Lipinski definition) is 1. The SMILES string of the molecule is C1CCN(C2CC3(CCNCC3)C2)C1. The lowest BCUT2D eigenvalue weighted by Crippen LogP contribution is -2.53. The predicted octanol–water partition coefficient (Wildman–Crippen LogP) is 1.61. The van der Waals surface area contributed by atoms with Crippen molar-refractivity contribution in [2.45, 2.75) is 44.6 Å². The zero-order valence-electron chi connectivity index (χ0n) is 9.10. The predicted molar refractivity (Wildman–Crippen MR) is 58.4 cm³/mol. The van der Waals surface area contributed by atoms with Gasteiger partial charge in [0, 0.05) is 6.04 Å². The summed E-state index contributed by atoms with van der Waals surface area (Å²) in [6.07, 6.45) is 8.80. The summed E-state index contributed by atoms with van der Waals surface area (Å²) in [5, 5.41) is 3.48. The molecule has 0 aromatic rings. The minimum atomic E-state index is 0.776. The van der Waals surface area contributed by atoms with Crippen LogP contribution in [0.5, 0.6) is 0 Å². The first-order chi connectivity index (χ1) is 6.88. The van der Waals surface area contributed by atoms with Crippen LogP contribution >= 0.6 is 0 Å². The van der Waals surface area contributed by atoms with Crippen LogP contribution in [0.2, 0.25) is 0 Å². The molecular formula is C12H22N2. The molecule has 1 saturated carbocycles. The van der Waals surface area contributed by atoms with Crippen molar-refractivity contribution in [1.29, 1.82) is 0 Å². The first kappa shape index (κ1) is 9.17. The van der Waals surface area contributed by atoms with Gasteiger partial charge in [-0.2, -0.15) is 0 Å². The van der Waals surface area contributed by atoms with Gasteiger partial charge in [-0.15, -0.1) is 0 Å². The van der Waals surface area contributed by atoms with Crippen molar-refractivity contribution < 1.29 is 0 Å². The molecule has 14 heavy (non-hydrogen) atoms. The molecule has 3 aliphatic rings. The third-order valence-corrected chi connectivity index (χ3v) is 4.66. The molecule has 3 fully saturated rings. The van der Waals surface area contributed by atoms with E-state index in [4.69, 9.17) is 0 Å². The van der Waals surface area contributed by atoms with Gasteiger partial charge >= 0.3 is 0 Å². The lowest BCUT2D eigenvalue weighted by molar-refractivity contribution is -0.0108. The highest BCUT2D eigenvalue weighted by atomic mass is 15.2. The Hall–Kier alpha value is -0.0800. The minimum Gasteiger partial charge on any atom is -0.317 e. The van der Waals surface area contributed by atoms with E-state index in [-0.39, 0.29) is 0 Å². The fourth-order valence-electron chi connectivity index (χ4n) is 3.67. The molecule has 0 unspecified atom stereocenters. The second-order valence-corrected chi connectivity index (χ2v) is 5.56. The van der Waals surface area contributed by atoms with Gasteiger partial charge in [-0.05, 0) is 70.1 Å². The van der Waals surface area contributed by atoms with Crippen LogP contribution in [0.15, 0.2) is 0 Å². The van der Waals surface area contributed by atoms with E-state index >= 15 is 0 Å². The molecule has 2 aliphatic heterocycles. The first-order valence-corrected chi connectivity index (χ1v) is 6.33. The van der Waals surface area contributed by atoms with Crippen molar-refractivity contribution in [1.82, 2.24) is 10.2 Å². The van der Waals surface area contributed by atoms with E-state index in [0.717, 1.165) is 11.5 Å². The van der Waals surface area contributed by atoms with Crippen molar-refractivity contribution in [3.63, 3.8) is 0 Å². The maximum absolute atomic E-state index is 3.48.